The molecule has 2 amide bonds. The molecule has 3 atom stereocenters. The number of carbonyl (C=O) groups is 2. The van der Waals surface area contributed by atoms with Crippen molar-refractivity contribution in [1.82, 2.24) is 20.2 Å². The second kappa shape index (κ2) is 8.53. The van der Waals surface area contributed by atoms with E-state index in [0.29, 0.717) is 29.2 Å². The predicted molar refractivity (Wildman–Crippen MR) is 133 cm³/mol. The molecule has 0 spiro atoms. The van der Waals surface area contributed by atoms with Crippen LogP contribution in [0.1, 0.15) is 38.7 Å². The van der Waals surface area contributed by atoms with Crippen molar-refractivity contribution in [2.24, 2.45) is 5.92 Å². The number of hydrogen-bond acceptors (Lipinski definition) is 5. The number of halogens is 1. The summed E-state index contributed by atoms with van der Waals surface area (Å²) in [4.78, 5) is 38.4. The van der Waals surface area contributed by atoms with Crippen LogP contribution < -0.4 is 5.32 Å². The fraction of sp³-hybridized carbons (Fsp3) is 0.259. The lowest BCUT2D eigenvalue weighted by atomic mass is 10.1. The van der Waals surface area contributed by atoms with E-state index < -0.39 is 0 Å². The van der Waals surface area contributed by atoms with Crippen molar-refractivity contribution >= 4 is 34.1 Å². The van der Waals surface area contributed by atoms with Crippen LogP contribution in [0.5, 0.6) is 0 Å². The van der Waals surface area contributed by atoms with Crippen molar-refractivity contribution in [3.05, 3.63) is 82.9 Å². The van der Waals surface area contributed by atoms with Crippen molar-refractivity contribution in [1.29, 1.82) is 0 Å². The van der Waals surface area contributed by atoms with E-state index in [0.717, 1.165) is 33.7 Å². The molecular formula is C27H23FN4O2S. The molecule has 1 saturated carbocycles. The lowest BCUT2D eigenvalue weighted by Gasteiger charge is -2.27. The monoisotopic (exact) mass is 486 g/mol. The van der Waals surface area contributed by atoms with Crippen LogP contribution in [0.3, 0.4) is 0 Å². The Morgan fingerprint density at radius 1 is 1.11 bits per heavy atom. The van der Waals surface area contributed by atoms with Crippen molar-refractivity contribution in [3.63, 3.8) is 0 Å². The Bertz CT molecular complexity index is 1450. The number of rotatable bonds is 5. The van der Waals surface area contributed by atoms with Crippen molar-refractivity contribution in [2.75, 3.05) is 6.54 Å². The van der Waals surface area contributed by atoms with Gasteiger partial charge in [0, 0.05) is 24.2 Å². The SMILES string of the molecule is Cc1nc(C(=O)N2[C@H](CNC(=O)c3cccc4cccnc34)C[C@@H]3C[C@@H]32)c(-c2ccc(F)cc2)s1. The van der Waals surface area contributed by atoms with E-state index in [4.69, 9.17) is 0 Å². The van der Waals surface area contributed by atoms with Gasteiger partial charge in [0.1, 0.15) is 11.5 Å². The third kappa shape index (κ3) is 3.97. The Hall–Kier alpha value is -3.65. The number of para-hydroxylation sites is 1. The summed E-state index contributed by atoms with van der Waals surface area (Å²) in [6, 6.07) is 15.6. The predicted octanol–water partition coefficient (Wildman–Crippen LogP) is 4.84. The van der Waals surface area contributed by atoms with Crippen LogP contribution in [0, 0.1) is 18.7 Å². The Kier molecular flexibility index (Phi) is 5.33. The van der Waals surface area contributed by atoms with Gasteiger partial charge in [-0.15, -0.1) is 11.3 Å². The number of aryl methyl sites for hydroxylation is 1. The van der Waals surface area contributed by atoms with Gasteiger partial charge in [0.2, 0.25) is 0 Å². The number of benzene rings is 2. The van der Waals surface area contributed by atoms with Gasteiger partial charge >= 0.3 is 0 Å². The summed E-state index contributed by atoms with van der Waals surface area (Å²) in [6.45, 7) is 2.24. The average Bonchev–Trinajstić information content (AvgIpc) is 3.36. The van der Waals surface area contributed by atoms with Crippen LogP contribution in [-0.2, 0) is 0 Å². The maximum atomic E-state index is 13.7. The van der Waals surface area contributed by atoms with Crippen molar-refractivity contribution in [2.45, 2.75) is 31.8 Å². The van der Waals surface area contributed by atoms with Crippen LogP contribution in [0.25, 0.3) is 21.3 Å². The lowest BCUT2D eigenvalue weighted by molar-refractivity contribution is 0.0684. The smallest absolute Gasteiger partial charge is 0.274 e. The second-order valence-corrected chi connectivity index (χ2v) is 10.4. The van der Waals surface area contributed by atoms with E-state index in [1.165, 1.54) is 23.5 Å². The first-order valence-corrected chi connectivity index (χ1v) is 12.5. The van der Waals surface area contributed by atoms with E-state index in [1.807, 2.05) is 36.1 Å². The van der Waals surface area contributed by atoms with Gasteiger partial charge in [0.15, 0.2) is 0 Å². The fourth-order valence-corrected chi connectivity index (χ4v) is 6.06. The van der Waals surface area contributed by atoms with Gasteiger partial charge in [-0.1, -0.05) is 30.3 Å². The second-order valence-electron chi connectivity index (χ2n) is 9.17. The zero-order valence-corrected chi connectivity index (χ0v) is 19.9. The first-order valence-electron chi connectivity index (χ1n) is 11.7. The lowest BCUT2D eigenvalue weighted by Crippen LogP contribution is -2.45. The Morgan fingerprint density at radius 3 is 2.74 bits per heavy atom. The Morgan fingerprint density at radius 2 is 1.91 bits per heavy atom. The standard InChI is InChI=1S/C27H23FN4O2S/c1-15-31-24(25(35-15)17-7-9-19(28)10-8-17)27(34)32-20(12-18-13-22(18)32)14-30-26(33)21-6-2-4-16-5-3-11-29-23(16)21/h2-11,18,20,22H,12-14H2,1H3,(H,30,33)/t18-,20+,22+/m1/s1. The molecule has 2 aromatic carbocycles. The molecule has 8 heteroatoms. The molecule has 2 fully saturated rings. The summed E-state index contributed by atoms with van der Waals surface area (Å²) < 4.78 is 13.5. The number of hydrogen-bond donors (Lipinski definition) is 1. The zero-order valence-electron chi connectivity index (χ0n) is 19.1. The summed E-state index contributed by atoms with van der Waals surface area (Å²) in [5.41, 5.74) is 2.37. The van der Waals surface area contributed by atoms with Crippen LogP contribution >= 0.6 is 11.3 Å². The van der Waals surface area contributed by atoms with E-state index in [2.05, 4.69) is 15.3 Å². The van der Waals surface area contributed by atoms with E-state index in [9.17, 15) is 14.0 Å². The topological polar surface area (TPSA) is 75.2 Å². The molecule has 2 aromatic heterocycles. The molecule has 4 aromatic rings. The van der Waals surface area contributed by atoms with Gasteiger partial charge in [-0.05, 0) is 55.5 Å². The van der Waals surface area contributed by atoms with Crippen LogP contribution in [0.4, 0.5) is 4.39 Å². The molecule has 1 N–H and O–H groups in total. The molecular weight excluding hydrogens is 463 g/mol. The van der Waals surface area contributed by atoms with Crippen LogP contribution in [-0.4, -0.2) is 45.3 Å². The van der Waals surface area contributed by atoms with Gasteiger partial charge < -0.3 is 10.2 Å². The van der Waals surface area contributed by atoms with E-state index >= 15 is 0 Å². The van der Waals surface area contributed by atoms with Crippen LogP contribution in [0.15, 0.2) is 60.8 Å². The number of nitrogens with zero attached hydrogens (tertiary/aromatic N) is 3. The molecule has 1 aliphatic carbocycles. The quantitative estimate of drug-likeness (QED) is 0.438. The molecule has 35 heavy (non-hydrogen) atoms. The first kappa shape index (κ1) is 21.9. The summed E-state index contributed by atoms with van der Waals surface area (Å²) in [5, 5.41) is 4.73. The molecule has 0 bridgehead atoms. The number of nitrogens with one attached hydrogen (secondary N) is 1. The highest BCUT2D eigenvalue weighted by atomic mass is 32.1. The molecule has 1 saturated heterocycles. The summed E-state index contributed by atoms with van der Waals surface area (Å²) in [7, 11) is 0. The third-order valence-corrected chi connectivity index (χ3v) is 7.88. The number of likely N-dealkylation sites (tertiary alicyclic amines) is 1. The zero-order chi connectivity index (χ0) is 24.1. The molecule has 6 rings (SSSR count). The highest BCUT2D eigenvalue weighted by Crippen LogP contribution is 2.48. The Balaban J connectivity index is 1.23. The first-order chi connectivity index (χ1) is 17.0. The molecule has 2 aliphatic rings. The summed E-state index contributed by atoms with van der Waals surface area (Å²) >= 11 is 1.44. The molecule has 0 unspecified atom stereocenters. The minimum atomic E-state index is -0.319. The van der Waals surface area contributed by atoms with Crippen molar-refractivity contribution < 1.29 is 14.0 Å². The Labute approximate surface area is 205 Å². The van der Waals surface area contributed by atoms with E-state index in [-0.39, 0.29) is 29.7 Å². The minimum Gasteiger partial charge on any atom is -0.350 e. The number of pyridine rings is 1. The minimum absolute atomic E-state index is 0.0961. The molecule has 176 valence electrons. The van der Waals surface area contributed by atoms with Gasteiger partial charge in [0.25, 0.3) is 11.8 Å². The summed E-state index contributed by atoms with van der Waals surface area (Å²) in [6.07, 6.45) is 3.52. The maximum absolute atomic E-state index is 13.7. The number of carbonyl (C=O) groups excluding carboxylic acids is 2. The van der Waals surface area contributed by atoms with E-state index in [1.54, 1.807) is 24.4 Å². The molecule has 1 aliphatic heterocycles. The number of amides is 2. The fourth-order valence-electron chi connectivity index (χ4n) is 5.14. The largest absolute Gasteiger partial charge is 0.350 e. The molecule has 6 nitrogen and oxygen atoms in total. The number of aromatic nitrogens is 2. The number of fused-ring (bicyclic) bond motifs is 2. The number of piperidine rings is 1. The van der Waals surface area contributed by atoms with Gasteiger partial charge in [-0.2, -0.15) is 0 Å². The van der Waals surface area contributed by atoms with Crippen molar-refractivity contribution in [3.8, 4) is 10.4 Å². The van der Waals surface area contributed by atoms with Gasteiger partial charge in [-0.3, -0.25) is 14.6 Å². The van der Waals surface area contributed by atoms with Gasteiger partial charge in [-0.25, -0.2) is 9.37 Å². The highest BCUT2D eigenvalue weighted by molar-refractivity contribution is 7.15. The highest BCUT2D eigenvalue weighted by Gasteiger charge is 2.54. The molecule has 0 radical (unpaired) electrons. The van der Waals surface area contributed by atoms with Crippen LogP contribution in [0.2, 0.25) is 0 Å². The third-order valence-electron chi connectivity index (χ3n) is 6.86. The average molecular weight is 487 g/mol. The normalized spacial score (nSPS) is 20.6. The summed E-state index contributed by atoms with van der Waals surface area (Å²) in [5.74, 6) is -0.168. The maximum Gasteiger partial charge on any atom is 0.274 e. The molecule has 3 heterocycles. The number of thiazole rings is 1. The van der Waals surface area contributed by atoms with Gasteiger partial charge in [0.05, 0.1) is 27.0 Å².